The van der Waals surface area contributed by atoms with Crippen LogP contribution < -0.4 is 16.2 Å². The second kappa shape index (κ2) is 7.40. The van der Waals surface area contributed by atoms with E-state index in [4.69, 9.17) is 10.6 Å². The zero-order chi connectivity index (χ0) is 14.4. The number of hydrazine groups is 1. The predicted molar refractivity (Wildman–Crippen MR) is 80.7 cm³/mol. The van der Waals surface area contributed by atoms with Gasteiger partial charge in [-0.1, -0.05) is 13.8 Å². The van der Waals surface area contributed by atoms with Gasteiger partial charge in [-0.2, -0.15) is 0 Å². The largest absolute Gasteiger partial charge is 0.376 e. The van der Waals surface area contributed by atoms with E-state index in [0.29, 0.717) is 11.9 Å². The Hall–Kier alpha value is -1.40. The Balaban J connectivity index is 2.14. The van der Waals surface area contributed by atoms with E-state index < -0.39 is 0 Å². The Morgan fingerprint density at radius 2 is 2.30 bits per heavy atom. The van der Waals surface area contributed by atoms with Crippen LogP contribution in [0.25, 0.3) is 0 Å². The van der Waals surface area contributed by atoms with Crippen molar-refractivity contribution in [3.05, 3.63) is 11.9 Å². The van der Waals surface area contributed by atoms with Crippen LogP contribution in [-0.2, 0) is 11.2 Å². The Kier molecular flexibility index (Phi) is 5.55. The first-order valence-corrected chi connectivity index (χ1v) is 7.47. The normalized spacial score (nSPS) is 19.1. The fourth-order valence-electron chi connectivity index (χ4n) is 2.68. The zero-order valence-corrected chi connectivity index (χ0v) is 12.4. The predicted octanol–water partition coefficient (Wildman–Crippen LogP) is 1.72. The molecule has 0 saturated carbocycles. The van der Waals surface area contributed by atoms with Gasteiger partial charge in [-0.05, 0) is 25.7 Å². The summed E-state index contributed by atoms with van der Waals surface area (Å²) in [5.74, 6) is 7.24. The molecule has 6 heteroatoms. The topological polar surface area (TPSA) is 76.3 Å². The lowest BCUT2D eigenvalue weighted by Gasteiger charge is -2.34. The molecular weight excluding hydrogens is 254 g/mol. The van der Waals surface area contributed by atoms with Crippen molar-refractivity contribution in [2.24, 2.45) is 5.84 Å². The number of nitrogens with one attached hydrogen (secondary N) is 1. The number of nitrogens with zero attached hydrogens (tertiary/aromatic N) is 3. The number of aromatic nitrogens is 2. The van der Waals surface area contributed by atoms with Crippen LogP contribution in [0.2, 0.25) is 0 Å². The third-order valence-corrected chi connectivity index (χ3v) is 3.65. The first-order chi connectivity index (χ1) is 9.80. The van der Waals surface area contributed by atoms with Gasteiger partial charge in [0, 0.05) is 25.3 Å². The highest BCUT2D eigenvalue weighted by molar-refractivity contribution is 5.58. The van der Waals surface area contributed by atoms with Crippen LogP contribution in [0.4, 0.5) is 11.6 Å². The minimum Gasteiger partial charge on any atom is -0.376 e. The van der Waals surface area contributed by atoms with Gasteiger partial charge in [0.05, 0.1) is 6.10 Å². The molecule has 1 aromatic rings. The highest BCUT2D eigenvalue weighted by Gasteiger charge is 2.23. The lowest BCUT2D eigenvalue weighted by molar-refractivity contribution is 0.0439. The van der Waals surface area contributed by atoms with E-state index in [1.807, 2.05) is 0 Å². The number of hydrogen-bond donors (Lipinski definition) is 2. The van der Waals surface area contributed by atoms with Crippen LogP contribution in [0.1, 0.15) is 38.7 Å². The van der Waals surface area contributed by atoms with Crippen LogP contribution in [0.15, 0.2) is 6.33 Å². The Bertz CT molecular complexity index is 426. The fraction of sp³-hybridized carbons (Fsp3) is 0.714. The maximum atomic E-state index is 5.89. The van der Waals surface area contributed by atoms with Gasteiger partial charge in [-0.3, -0.25) is 0 Å². The van der Waals surface area contributed by atoms with E-state index >= 15 is 0 Å². The molecule has 20 heavy (non-hydrogen) atoms. The van der Waals surface area contributed by atoms with Gasteiger partial charge in [0.15, 0.2) is 0 Å². The quantitative estimate of drug-likeness (QED) is 0.610. The van der Waals surface area contributed by atoms with E-state index in [2.05, 4.69) is 34.1 Å². The summed E-state index contributed by atoms with van der Waals surface area (Å²) in [6.45, 7) is 6.98. The lowest BCUT2D eigenvalue weighted by atomic mass is 10.1. The second-order valence-corrected chi connectivity index (χ2v) is 5.10. The summed E-state index contributed by atoms with van der Waals surface area (Å²) in [7, 11) is 0. The third kappa shape index (κ3) is 3.37. The minimum atomic E-state index is 0.303. The summed E-state index contributed by atoms with van der Waals surface area (Å²) in [5.41, 5.74) is 3.74. The van der Waals surface area contributed by atoms with Crippen molar-refractivity contribution in [2.45, 2.75) is 45.6 Å². The van der Waals surface area contributed by atoms with Crippen LogP contribution in [0.5, 0.6) is 0 Å². The van der Waals surface area contributed by atoms with Gasteiger partial charge in [0.1, 0.15) is 18.0 Å². The molecule has 1 aliphatic rings. The summed E-state index contributed by atoms with van der Waals surface area (Å²) in [4.78, 5) is 10.9. The second-order valence-electron chi connectivity index (χ2n) is 5.10. The molecule has 0 radical (unpaired) electrons. The molecular formula is C14H25N5O. The maximum Gasteiger partial charge on any atom is 0.148 e. The molecule has 0 aliphatic carbocycles. The Labute approximate surface area is 120 Å². The van der Waals surface area contributed by atoms with Gasteiger partial charge in [-0.15, -0.1) is 0 Å². The number of nitrogens with two attached hydrogens (primary N) is 1. The molecule has 2 heterocycles. The summed E-state index contributed by atoms with van der Waals surface area (Å²) in [5, 5.41) is 0. The molecule has 2 rings (SSSR count). The molecule has 1 aliphatic heterocycles. The fourth-order valence-corrected chi connectivity index (χ4v) is 2.68. The number of piperidine rings is 1. The number of hydrogen-bond acceptors (Lipinski definition) is 6. The van der Waals surface area contributed by atoms with Crippen LogP contribution in [-0.4, -0.2) is 35.8 Å². The summed E-state index contributed by atoms with van der Waals surface area (Å²) in [6.07, 6.45) is 6.05. The molecule has 0 spiro atoms. The first kappa shape index (κ1) is 15.0. The Morgan fingerprint density at radius 1 is 1.45 bits per heavy atom. The molecule has 112 valence electrons. The third-order valence-electron chi connectivity index (χ3n) is 3.65. The highest BCUT2D eigenvalue weighted by atomic mass is 16.5. The summed E-state index contributed by atoms with van der Waals surface area (Å²) in [6, 6.07) is 0. The smallest absolute Gasteiger partial charge is 0.148 e. The lowest BCUT2D eigenvalue weighted by Crippen LogP contribution is -2.41. The van der Waals surface area contributed by atoms with E-state index in [9.17, 15) is 0 Å². The first-order valence-electron chi connectivity index (χ1n) is 7.47. The maximum absolute atomic E-state index is 5.89. The molecule has 0 amide bonds. The number of ether oxygens (including phenoxy) is 1. The number of nitrogen functional groups attached to an aromatic ring is 1. The van der Waals surface area contributed by atoms with Crippen LogP contribution >= 0.6 is 0 Å². The Morgan fingerprint density at radius 3 is 3.00 bits per heavy atom. The van der Waals surface area contributed by atoms with Crippen LogP contribution in [0.3, 0.4) is 0 Å². The molecule has 0 bridgehead atoms. The zero-order valence-electron chi connectivity index (χ0n) is 12.4. The molecule has 1 fully saturated rings. The van der Waals surface area contributed by atoms with Crippen molar-refractivity contribution in [1.29, 1.82) is 0 Å². The van der Waals surface area contributed by atoms with Crippen molar-refractivity contribution in [3.63, 3.8) is 0 Å². The molecule has 1 aromatic heterocycles. The highest BCUT2D eigenvalue weighted by Crippen LogP contribution is 2.26. The average Bonchev–Trinajstić information content (AvgIpc) is 2.52. The number of anilines is 2. The van der Waals surface area contributed by atoms with Gasteiger partial charge in [-0.25, -0.2) is 15.8 Å². The van der Waals surface area contributed by atoms with Crippen LogP contribution in [0, 0.1) is 0 Å². The molecule has 1 unspecified atom stereocenters. The monoisotopic (exact) mass is 279 g/mol. The molecule has 1 atom stereocenters. The van der Waals surface area contributed by atoms with Crippen molar-refractivity contribution in [1.82, 2.24) is 9.97 Å². The molecule has 6 nitrogen and oxygen atoms in total. The van der Waals surface area contributed by atoms with E-state index in [1.165, 1.54) is 0 Å². The molecule has 0 aromatic carbocycles. The molecule has 1 saturated heterocycles. The van der Waals surface area contributed by atoms with Gasteiger partial charge in [0.2, 0.25) is 0 Å². The van der Waals surface area contributed by atoms with E-state index in [1.54, 1.807) is 6.33 Å². The van der Waals surface area contributed by atoms with E-state index in [-0.39, 0.29) is 0 Å². The average molecular weight is 279 g/mol. The van der Waals surface area contributed by atoms with E-state index in [0.717, 1.165) is 56.8 Å². The number of rotatable bonds is 6. The molecule has 3 N–H and O–H groups in total. The van der Waals surface area contributed by atoms with Crippen molar-refractivity contribution >= 4 is 11.6 Å². The van der Waals surface area contributed by atoms with Crippen molar-refractivity contribution in [3.8, 4) is 0 Å². The summed E-state index contributed by atoms with van der Waals surface area (Å²) < 4.78 is 5.89. The van der Waals surface area contributed by atoms with Gasteiger partial charge >= 0.3 is 0 Å². The van der Waals surface area contributed by atoms with Crippen molar-refractivity contribution < 1.29 is 4.74 Å². The minimum absolute atomic E-state index is 0.303. The van der Waals surface area contributed by atoms with Gasteiger partial charge < -0.3 is 15.1 Å². The SMILES string of the molecule is CCCOC1CCCN(c2ncnc(NN)c2CC)C1. The van der Waals surface area contributed by atoms with Crippen molar-refractivity contribution in [2.75, 3.05) is 30.0 Å². The standard InChI is InChI=1S/C14H25N5O/c1-3-8-20-11-6-5-7-19(9-11)14-12(4-2)13(18-15)16-10-17-14/h10-11H,3-9,15H2,1-2H3,(H,16,17,18). The summed E-state index contributed by atoms with van der Waals surface area (Å²) >= 11 is 0. The van der Waals surface area contributed by atoms with Gasteiger partial charge in [0.25, 0.3) is 0 Å².